The standard InChI is InChI=1S/C10H15N3OS/c1-3-7(2)15-10-8(9(11)13-14)5-4-6-12-10/h4-7,14H,3H2,1-2H3,(H2,11,13). The molecule has 5 heteroatoms. The van der Waals surface area contributed by atoms with Crippen LogP contribution in [-0.4, -0.2) is 21.3 Å². The summed E-state index contributed by atoms with van der Waals surface area (Å²) in [4.78, 5) is 4.23. The SMILES string of the molecule is CCC(C)Sc1ncccc1/C(N)=N/O. The average Bonchev–Trinajstić information content (AvgIpc) is 2.28. The second kappa shape index (κ2) is 5.60. The monoisotopic (exact) mass is 225 g/mol. The van der Waals surface area contributed by atoms with Gasteiger partial charge < -0.3 is 10.9 Å². The fourth-order valence-corrected chi connectivity index (χ4v) is 1.98. The van der Waals surface area contributed by atoms with Crippen molar-refractivity contribution < 1.29 is 5.21 Å². The first-order valence-corrected chi connectivity index (χ1v) is 5.66. The largest absolute Gasteiger partial charge is 0.409 e. The van der Waals surface area contributed by atoms with E-state index in [-0.39, 0.29) is 5.84 Å². The Morgan fingerprint density at radius 1 is 1.73 bits per heavy atom. The summed E-state index contributed by atoms with van der Waals surface area (Å²) < 4.78 is 0. The molecule has 0 spiro atoms. The third-order valence-corrected chi connectivity index (χ3v) is 3.33. The molecule has 15 heavy (non-hydrogen) atoms. The predicted octanol–water partition coefficient (Wildman–Crippen LogP) is 2.07. The fourth-order valence-electron chi connectivity index (χ4n) is 1.01. The quantitative estimate of drug-likeness (QED) is 0.270. The molecule has 0 aliphatic heterocycles. The van der Waals surface area contributed by atoms with E-state index in [4.69, 9.17) is 10.9 Å². The predicted molar refractivity (Wildman–Crippen MR) is 62.4 cm³/mol. The summed E-state index contributed by atoms with van der Waals surface area (Å²) in [6.45, 7) is 4.24. The van der Waals surface area contributed by atoms with Gasteiger partial charge in [-0.1, -0.05) is 19.0 Å². The van der Waals surface area contributed by atoms with Gasteiger partial charge >= 0.3 is 0 Å². The number of thioether (sulfide) groups is 1. The Bertz CT molecular complexity index is 354. The molecule has 0 fully saturated rings. The van der Waals surface area contributed by atoms with Crippen LogP contribution in [0.15, 0.2) is 28.5 Å². The third-order valence-electron chi connectivity index (χ3n) is 2.04. The van der Waals surface area contributed by atoms with Crippen molar-refractivity contribution in [3.8, 4) is 0 Å². The lowest BCUT2D eigenvalue weighted by molar-refractivity contribution is 0.318. The number of aromatic nitrogens is 1. The molecule has 0 aliphatic carbocycles. The molecule has 0 saturated carbocycles. The lowest BCUT2D eigenvalue weighted by atomic mass is 10.3. The van der Waals surface area contributed by atoms with Gasteiger partial charge in [0, 0.05) is 11.4 Å². The van der Waals surface area contributed by atoms with Crippen molar-refractivity contribution in [1.82, 2.24) is 4.98 Å². The number of hydrogen-bond donors (Lipinski definition) is 2. The van der Waals surface area contributed by atoms with Crippen LogP contribution in [0, 0.1) is 0 Å². The van der Waals surface area contributed by atoms with Crippen LogP contribution in [0.1, 0.15) is 25.8 Å². The fraction of sp³-hybridized carbons (Fsp3) is 0.400. The number of rotatable bonds is 4. The van der Waals surface area contributed by atoms with Crippen molar-refractivity contribution >= 4 is 17.6 Å². The Kier molecular flexibility index (Phi) is 4.42. The maximum absolute atomic E-state index is 8.63. The van der Waals surface area contributed by atoms with E-state index in [1.54, 1.807) is 30.1 Å². The summed E-state index contributed by atoms with van der Waals surface area (Å²) >= 11 is 1.63. The summed E-state index contributed by atoms with van der Waals surface area (Å²) in [5.74, 6) is 0.105. The minimum atomic E-state index is 0.105. The number of pyridine rings is 1. The van der Waals surface area contributed by atoms with Crippen molar-refractivity contribution in [3.05, 3.63) is 23.9 Å². The second-order valence-electron chi connectivity index (χ2n) is 3.18. The Hall–Kier alpha value is -1.23. The van der Waals surface area contributed by atoms with E-state index >= 15 is 0 Å². The lowest BCUT2D eigenvalue weighted by Crippen LogP contribution is -2.15. The maximum atomic E-state index is 8.63. The molecular weight excluding hydrogens is 210 g/mol. The molecule has 0 bridgehead atoms. The first-order chi connectivity index (χ1) is 7.19. The van der Waals surface area contributed by atoms with Crippen LogP contribution in [0.3, 0.4) is 0 Å². The zero-order valence-corrected chi connectivity index (χ0v) is 9.66. The number of oxime groups is 1. The van der Waals surface area contributed by atoms with Crippen molar-refractivity contribution in [2.45, 2.75) is 30.5 Å². The van der Waals surface area contributed by atoms with Crippen LogP contribution in [0.2, 0.25) is 0 Å². The summed E-state index contributed by atoms with van der Waals surface area (Å²) in [6, 6.07) is 3.57. The van der Waals surface area contributed by atoms with Gasteiger partial charge in [0.2, 0.25) is 0 Å². The first kappa shape index (κ1) is 11.8. The van der Waals surface area contributed by atoms with E-state index in [1.165, 1.54) is 0 Å². The van der Waals surface area contributed by atoms with Gasteiger partial charge in [0.25, 0.3) is 0 Å². The van der Waals surface area contributed by atoms with Crippen LogP contribution in [-0.2, 0) is 0 Å². The van der Waals surface area contributed by atoms with Crippen LogP contribution in [0.25, 0.3) is 0 Å². The van der Waals surface area contributed by atoms with Gasteiger partial charge in [-0.2, -0.15) is 0 Å². The topological polar surface area (TPSA) is 71.5 Å². The van der Waals surface area contributed by atoms with Gasteiger partial charge in [-0.05, 0) is 18.6 Å². The minimum Gasteiger partial charge on any atom is -0.409 e. The van der Waals surface area contributed by atoms with Gasteiger partial charge in [0.1, 0.15) is 5.03 Å². The van der Waals surface area contributed by atoms with Crippen LogP contribution in [0.4, 0.5) is 0 Å². The minimum absolute atomic E-state index is 0.105. The van der Waals surface area contributed by atoms with Gasteiger partial charge in [-0.3, -0.25) is 0 Å². The number of nitrogens with zero attached hydrogens (tertiary/aromatic N) is 2. The van der Waals surface area contributed by atoms with Crippen molar-refractivity contribution in [2.75, 3.05) is 0 Å². The lowest BCUT2D eigenvalue weighted by Gasteiger charge is -2.10. The molecule has 1 heterocycles. The molecule has 4 nitrogen and oxygen atoms in total. The first-order valence-electron chi connectivity index (χ1n) is 4.78. The smallest absolute Gasteiger partial charge is 0.172 e. The Morgan fingerprint density at radius 3 is 3.07 bits per heavy atom. The summed E-state index contributed by atoms with van der Waals surface area (Å²) in [5.41, 5.74) is 6.24. The second-order valence-corrected chi connectivity index (χ2v) is 4.61. The highest BCUT2D eigenvalue weighted by atomic mass is 32.2. The van der Waals surface area contributed by atoms with Crippen LogP contribution >= 0.6 is 11.8 Å². The van der Waals surface area contributed by atoms with Gasteiger partial charge in [0.15, 0.2) is 5.84 Å². The van der Waals surface area contributed by atoms with Gasteiger partial charge in [0.05, 0.1) is 5.56 Å². The molecule has 1 unspecified atom stereocenters. The maximum Gasteiger partial charge on any atom is 0.172 e. The van der Waals surface area contributed by atoms with E-state index in [0.29, 0.717) is 10.8 Å². The molecule has 1 rings (SSSR count). The summed E-state index contributed by atoms with van der Waals surface area (Å²) in [5, 5.41) is 12.9. The Morgan fingerprint density at radius 2 is 2.47 bits per heavy atom. The average molecular weight is 225 g/mol. The zero-order chi connectivity index (χ0) is 11.3. The third kappa shape index (κ3) is 3.13. The molecule has 0 radical (unpaired) electrons. The van der Waals surface area contributed by atoms with Crippen molar-refractivity contribution in [1.29, 1.82) is 0 Å². The van der Waals surface area contributed by atoms with Crippen LogP contribution in [0.5, 0.6) is 0 Å². The van der Waals surface area contributed by atoms with E-state index in [1.807, 2.05) is 0 Å². The normalized spacial score (nSPS) is 13.9. The van der Waals surface area contributed by atoms with Gasteiger partial charge in [-0.15, -0.1) is 11.8 Å². The molecule has 0 aliphatic rings. The molecule has 1 aromatic heterocycles. The molecular formula is C10H15N3OS. The van der Waals surface area contributed by atoms with E-state index in [9.17, 15) is 0 Å². The van der Waals surface area contributed by atoms with Crippen molar-refractivity contribution in [2.24, 2.45) is 10.9 Å². The molecule has 0 saturated heterocycles. The molecule has 82 valence electrons. The van der Waals surface area contributed by atoms with E-state index in [0.717, 1.165) is 11.4 Å². The number of amidine groups is 1. The van der Waals surface area contributed by atoms with E-state index < -0.39 is 0 Å². The summed E-state index contributed by atoms with van der Waals surface area (Å²) in [6.07, 6.45) is 2.76. The highest BCUT2D eigenvalue weighted by Gasteiger charge is 2.10. The number of hydrogen-bond acceptors (Lipinski definition) is 4. The highest BCUT2D eigenvalue weighted by molar-refractivity contribution is 7.99. The van der Waals surface area contributed by atoms with Crippen molar-refractivity contribution in [3.63, 3.8) is 0 Å². The molecule has 0 amide bonds. The van der Waals surface area contributed by atoms with Gasteiger partial charge in [-0.25, -0.2) is 4.98 Å². The summed E-state index contributed by atoms with van der Waals surface area (Å²) in [7, 11) is 0. The van der Waals surface area contributed by atoms with E-state index in [2.05, 4.69) is 24.0 Å². The van der Waals surface area contributed by atoms with Crippen LogP contribution < -0.4 is 5.73 Å². The Labute approximate surface area is 93.6 Å². The number of nitrogens with two attached hydrogens (primary N) is 1. The molecule has 1 atom stereocenters. The highest BCUT2D eigenvalue weighted by Crippen LogP contribution is 2.25. The zero-order valence-electron chi connectivity index (χ0n) is 8.84. The molecule has 1 aromatic rings. The molecule has 3 N–H and O–H groups in total. The molecule has 0 aromatic carbocycles. The Balaban J connectivity index is 2.96.